The van der Waals surface area contributed by atoms with Gasteiger partial charge in [0.1, 0.15) is 6.04 Å². The first kappa shape index (κ1) is 21.9. The molecule has 0 aromatic carbocycles. The molecule has 1 unspecified atom stereocenters. The number of carbonyl (C=O) groups excluding carboxylic acids is 1. The summed E-state index contributed by atoms with van der Waals surface area (Å²) < 4.78 is 0. The van der Waals surface area contributed by atoms with Gasteiger partial charge in [0, 0.05) is 13.0 Å². The molecule has 4 nitrogen and oxygen atoms in total. The third kappa shape index (κ3) is 8.54. The van der Waals surface area contributed by atoms with Gasteiger partial charge in [0.25, 0.3) is 0 Å². The van der Waals surface area contributed by atoms with Gasteiger partial charge in [-0.15, -0.1) is 0 Å². The second-order valence-corrected chi connectivity index (χ2v) is 6.16. The van der Waals surface area contributed by atoms with Crippen molar-refractivity contribution in [2.24, 2.45) is 0 Å². The smallest absolute Gasteiger partial charge is 1.00 e. The van der Waals surface area contributed by atoms with E-state index in [4.69, 9.17) is 5.11 Å². The van der Waals surface area contributed by atoms with E-state index in [2.05, 4.69) is 6.92 Å². The number of carboxylic acids is 1. The summed E-state index contributed by atoms with van der Waals surface area (Å²) in [6.07, 6.45) is 13.0. The fraction of sp³-hybridized carbons (Fsp3) is 0.882. The Bertz CT molecular complexity index is 329. The maximum Gasteiger partial charge on any atom is 1.00 e. The van der Waals surface area contributed by atoms with Crippen LogP contribution in [0, 0.1) is 0 Å². The van der Waals surface area contributed by atoms with Gasteiger partial charge in [-0.1, -0.05) is 58.3 Å². The van der Waals surface area contributed by atoms with Gasteiger partial charge in [0.05, 0.1) is 0 Å². The Hall–Kier alpha value is -0.0600. The van der Waals surface area contributed by atoms with Crippen molar-refractivity contribution in [2.75, 3.05) is 6.54 Å². The first-order valence-electron chi connectivity index (χ1n) is 8.69. The van der Waals surface area contributed by atoms with Crippen molar-refractivity contribution in [1.29, 1.82) is 0 Å². The molecule has 0 aromatic heterocycles. The largest absolute Gasteiger partial charge is 1.00 e. The molecule has 1 amide bonds. The molecule has 1 rings (SSSR count). The van der Waals surface area contributed by atoms with E-state index in [9.17, 15) is 9.59 Å². The Labute approximate surface area is 158 Å². The Balaban J connectivity index is 0. The summed E-state index contributed by atoms with van der Waals surface area (Å²) in [5.41, 5.74) is 0. The SMILES string of the molecule is CCCCCCCCCCCC(=O)N1CCCC1C(=O)O.[H-].[Na+]. The van der Waals surface area contributed by atoms with Gasteiger partial charge >= 0.3 is 35.5 Å². The minimum atomic E-state index is -0.854. The zero-order chi connectivity index (χ0) is 15.5. The standard InChI is InChI=1S/C17H31NO3.Na.H/c1-2-3-4-5-6-7-8-9-10-13-16(19)18-14-11-12-15(18)17(20)21;;/h15H,2-14H2,1H3,(H,20,21);;/q;+1;-1. The number of amides is 1. The van der Waals surface area contributed by atoms with E-state index in [1.807, 2.05) is 0 Å². The predicted octanol–water partition coefficient (Wildman–Crippen LogP) is 1.10. The molecule has 0 radical (unpaired) electrons. The molecule has 22 heavy (non-hydrogen) atoms. The number of hydrogen-bond donors (Lipinski definition) is 1. The van der Waals surface area contributed by atoms with Crippen molar-refractivity contribution in [1.82, 2.24) is 4.90 Å². The van der Waals surface area contributed by atoms with E-state index in [0.717, 1.165) is 19.3 Å². The van der Waals surface area contributed by atoms with Crippen LogP contribution in [-0.2, 0) is 9.59 Å². The van der Waals surface area contributed by atoms with Crippen molar-refractivity contribution in [3.63, 3.8) is 0 Å². The topological polar surface area (TPSA) is 57.6 Å². The molecular weight excluding hydrogens is 289 g/mol. The van der Waals surface area contributed by atoms with Crippen molar-refractivity contribution in [3.8, 4) is 0 Å². The van der Waals surface area contributed by atoms with Crippen LogP contribution in [-0.4, -0.2) is 34.5 Å². The van der Waals surface area contributed by atoms with Crippen molar-refractivity contribution in [2.45, 2.75) is 90.0 Å². The molecule has 5 heteroatoms. The Morgan fingerprint density at radius 3 is 2.14 bits per heavy atom. The molecule has 0 aliphatic carbocycles. The van der Waals surface area contributed by atoms with E-state index >= 15 is 0 Å². The van der Waals surface area contributed by atoms with Gasteiger partial charge in [-0.3, -0.25) is 4.79 Å². The Kier molecular flexibility index (Phi) is 13.3. The second-order valence-electron chi connectivity index (χ2n) is 6.16. The summed E-state index contributed by atoms with van der Waals surface area (Å²) in [7, 11) is 0. The average molecular weight is 321 g/mol. The van der Waals surface area contributed by atoms with Gasteiger partial charge in [-0.2, -0.15) is 0 Å². The van der Waals surface area contributed by atoms with Crippen molar-refractivity contribution < 1.29 is 45.7 Å². The monoisotopic (exact) mass is 321 g/mol. The van der Waals surface area contributed by atoms with Crippen LogP contribution >= 0.6 is 0 Å². The fourth-order valence-corrected chi connectivity index (χ4v) is 3.05. The molecular formula is C17H32NNaO3. The minimum Gasteiger partial charge on any atom is -1.00 e. The molecule has 1 aliphatic heterocycles. The third-order valence-corrected chi connectivity index (χ3v) is 4.35. The summed E-state index contributed by atoms with van der Waals surface area (Å²) >= 11 is 0. The Morgan fingerprint density at radius 1 is 1.05 bits per heavy atom. The van der Waals surface area contributed by atoms with Gasteiger partial charge in [0.15, 0.2) is 0 Å². The van der Waals surface area contributed by atoms with Gasteiger partial charge in [-0.25, -0.2) is 4.79 Å². The zero-order valence-corrected chi connectivity index (χ0v) is 16.5. The normalized spacial score (nSPS) is 17.3. The van der Waals surface area contributed by atoms with Gasteiger partial charge < -0.3 is 11.4 Å². The second kappa shape index (κ2) is 13.4. The summed E-state index contributed by atoms with van der Waals surface area (Å²) in [5, 5.41) is 9.07. The number of carboxylic acid groups (broad SMARTS) is 1. The molecule has 0 aromatic rings. The Morgan fingerprint density at radius 2 is 1.59 bits per heavy atom. The fourth-order valence-electron chi connectivity index (χ4n) is 3.05. The molecule has 1 heterocycles. The molecule has 0 saturated carbocycles. The minimum absolute atomic E-state index is 0. The third-order valence-electron chi connectivity index (χ3n) is 4.35. The summed E-state index contributed by atoms with van der Waals surface area (Å²) in [6.45, 7) is 2.85. The van der Waals surface area contributed by atoms with E-state index in [0.29, 0.717) is 19.4 Å². The number of likely N-dealkylation sites (tertiary alicyclic amines) is 1. The number of hydrogen-bond acceptors (Lipinski definition) is 2. The van der Waals surface area contributed by atoms with Crippen molar-refractivity contribution >= 4 is 11.9 Å². The van der Waals surface area contributed by atoms with Crippen LogP contribution in [0.25, 0.3) is 0 Å². The van der Waals surface area contributed by atoms with Crippen LogP contribution < -0.4 is 29.6 Å². The summed E-state index contributed by atoms with van der Waals surface area (Å²) in [4.78, 5) is 24.6. The van der Waals surface area contributed by atoms with E-state index in [1.165, 1.54) is 44.9 Å². The molecule has 1 fully saturated rings. The molecule has 0 spiro atoms. The molecule has 124 valence electrons. The number of rotatable bonds is 11. The van der Waals surface area contributed by atoms with Crippen LogP contribution in [0.4, 0.5) is 0 Å². The maximum absolute atomic E-state index is 12.0. The quantitative estimate of drug-likeness (QED) is 0.458. The van der Waals surface area contributed by atoms with Crippen LogP contribution in [0.1, 0.15) is 85.4 Å². The number of aliphatic carboxylic acids is 1. The van der Waals surface area contributed by atoms with E-state index in [1.54, 1.807) is 4.90 Å². The number of unbranched alkanes of at least 4 members (excludes halogenated alkanes) is 8. The molecule has 1 atom stereocenters. The number of carbonyl (C=O) groups is 2. The van der Waals surface area contributed by atoms with Crippen LogP contribution in [0.2, 0.25) is 0 Å². The first-order valence-corrected chi connectivity index (χ1v) is 8.69. The summed E-state index contributed by atoms with van der Waals surface area (Å²) in [5.74, 6) is -0.823. The van der Waals surface area contributed by atoms with Gasteiger partial charge in [-0.05, 0) is 19.3 Å². The first-order chi connectivity index (χ1) is 10.2. The molecule has 1 N–H and O–H groups in total. The van der Waals surface area contributed by atoms with Crippen LogP contribution in [0.15, 0.2) is 0 Å². The zero-order valence-electron chi connectivity index (χ0n) is 15.5. The van der Waals surface area contributed by atoms with Crippen LogP contribution in [0.3, 0.4) is 0 Å². The van der Waals surface area contributed by atoms with Gasteiger partial charge in [0.2, 0.25) is 5.91 Å². The molecule has 1 saturated heterocycles. The van der Waals surface area contributed by atoms with E-state index < -0.39 is 12.0 Å². The molecule has 0 bridgehead atoms. The van der Waals surface area contributed by atoms with E-state index in [-0.39, 0.29) is 36.9 Å². The molecule has 1 aliphatic rings. The predicted molar refractivity (Wildman–Crippen MR) is 85.3 cm³/mol. The van der Waals surface area contributed by atoms with Crippen molar-refractivity contribution in [3.05, 3.63) is 0 Å². The average Bonchev–Trinajstić information content (AvgIpc) is 2.95. The number of nitrogens with zero attached hydrogens (tertiary/aromatic N) is 1. The summed E-state index contributed by atoms with van der Waals surface area (Å²) in [6, 6.07) is -0.573. The van der Waals surface area contributed by atoms with Crippen LogP contribution in [0.5, 0.6) is 0 Å². The maximum atomic E-state index is 12.0.